The van der Waals surface area contributed by atoms with Crippen molar-refractivity contribution in [2.75, 3.05) is 13.7 Å². The monoisotopic (exact) mass is 382 g/mol. The molecular formula is C21H26N4O3. The third-order valence-corrected chi connectivity index (χ3v) is 5.01. The Morgan fingerprint density at radius 2 is 2.00 bits per heavy atom. The molecule has 1 N–H and O–H groups in total. The average molecular weight is 382 g/mol. The van der Waals surface area contributed by atoms with Crippen molar-refractivity contribution in [2.45, 2.75) is 33.4 Å². The number of benzene rings is 1. The first kappa shape index (κ1) is 19.8. The van der Waals surface area contributed by atoms with Crippen LogP contribution in [0.1, 0.15) is 40.4 Å². The van der Waals surface area contributed by atoms with Gasteiger partial charge in [-0.05, 0) is 44.5 Å². The van der Waals surface area contributed by atoms with Gasteiger partial charge in [0.1, 0.15) is 11.4 Å². The van der Waals surface area contributed by atoms with E-state index in [0.29, 0.717) is 18.7 Å². The summed E-state index contributed by atoms with van der Waals surface area (Å²) in [6, 6.07) is 9.31. The molecule has 1 atom stereocenters. The normalized spacial score (nSPS) is 12.3. The van der Waals surface area contributed by atoms with E-state index < -0.39 is 5.91 Å². The molecule has 0 spiro atoms. The van der Waals surface area contributed by atoms with Crippen molar-refractivity contribution in [3.8, 4) is 0 Å². The largest absolute Gasteiger partial charge is 0.383 e. The molecule has 0 fully saturated rings. The Balaban J connectivity index is 1.92. The van der Waals surface area contributed by atoms with Crippen LogP contribution < -0.4 is 10.9 Å². The molecule has 0 aliphatic heterocycles. The number of aromatic nitrogens is 3. The number of nitrogens with one attached hydrogen (secondary N) is 1. The van der Waals surface area contributed by atoms with Gasteiger partial charge in [0.2, 0.25) is 0 Å². The van der Waals surface area contributed by atoms with Crippen LogP contribution in [0.3, 0.4) is 0 Å². The lowest BCUT2D eigenvalue weighted by atomic mass is 10.1. The summed E-state index contributed by atoms with van der Waals surface area (Å²) in [5.74, 6) is 0.340. The van der Waals surface area contributed by atoms with Gasteiger partial charge in [0.15, 0.2) is 0 Å². The van der Waals surface area contributed by atoms with Crippen molar-refractivity contribution >= 4 is 16.9 Å². The van der Waals surface area contributed by atoms with Gasteiger partial charge in [0, 0.05) is 26.4 Å². The molecule has 3 aromatic rings. The highest BCUT2D eigenvalue weighted by atomic mass is 16.5. The number of methoxy groups -OCH3 is 1. The van der Waals surface area contributed by atoms with Gasteiger partial charge in [0.05, 0.1) is 23.7 Å². The number of hydrogen-bond donors (Lipinski definition) is 1. The zero-order valence-electron chi connectivity index (χ0n) is 16.9. The molecule has 0 bridgehead atoms. The number of aryl methyl sites for hydroxylation is 3. The number of para-hydroxylation sites is 2. The summed E-state index contributed by atoms with van der Waals surface area (Å²) in [5.41, 5.74) is 3.18. The van der Waals surface area contributed by atoms with Gasteiger partial charge >= 0.3 is 0 Å². The number of carbonyl (C=O) groups is 1. The summed E-state index contributed by atoms with van der Waals surface area (Å²) in [7, 11) is 3.50. The molecule has 7 nitrogen and oxygen atoms in total. The summed E-state index contributed by atoms with van der Waals surface area (Å²) < 4.78 is 8.61. The maximum Gasteiger partial charge on any atom is 0.263 e. The Labute approximate surface area is 164 Å². The fourth-order valence-corrected chi connectivity index (χ4v) is 3.55. The lowest BCUT2D eigenvalue weighted by Crippen LogP contribution is -2.37. The number of pyridine rings is 1. The zero-order chi connectivity index (χ0) is 20.4. The van der Waals surface area contributed by atoms with E-state index >= 15 is 0 Å². The highest BCUT2D eigenvalue weighted by molar-refractivity contribution is 5.95. The van der Waals surface area contributed by atoms with E-state index in [1.165, 1.54) is 0 Å². The second kappa shape index (κ2) is 7.98. The topological polar surface area (TPSA) is 78.2 Å². The maximum atomic E-state index is 12.9. The molecule has 0 aliphatic carbocycles. The Bertz CT molecular complexity index is 1080. The van der Waals surface area contributed by atoms with Crippen LogP contribution in [-0.2, 0) is 18.3 Å². The molecular weight excluding hydrogens is 356 g/mol. The summed E-state index contributed by atoms with van der Waals surface area (Å²) >= 11 is 0. The molecule has 0 saturated carbocycles. The number of imidazole rings is 1. The van der Waals surface area contributed by atoms with E-state index in [-0.39, 0.29) is 17.2 Å². The van der Waals surface area contributed by atoms with Crippen molar-refractivity contribution in [3.63, 3.8) is 0 Å². The molecule has 2 aromatic heterocycles. The second-order valence-electron chi connectivity index (χ2n) is 7.01. The van der Waals surface area contributed by atoms with Gasteiger partial charge < -0.3 is 19.2 Å². The van der Waals surface area contributed by atoms with E-state index in [2.05, 4.69) is 10.3 Å². The first-order valence-electron chi connectivity index (χ1n) is 9.27. The van der Waals surface area contributed by atoms with Crippen molar-refractivity contribution in [3.05, 3.63) is 63.3 Å². The third-order valence-electron chi connectivity index (χ3n) is 5.01. The average Bonchev–Trinajstić information content (AvgIpc) is 2.98. The van der Waals surface area contributed by atoms with Gasteiger partial charge in [-0.2, -0.15) is 0 Å². The van der Waals surface area contributed by atoms with Crippen LogP contribution in [0.2, 0.25) is 0 Å². The first-order valence-corrected chi connectivity index (χ1v) is 9.27. The number of amides is 1. The fourth-order valence-electron chi connectivity index (χ4n) is 3.55. The Morgan fingerprint density at radius 1 is 1.29 bits per heavy atom. The SMILES string of the molecule is COCCn1c(C)cc(C)c(C(=O)NC(C)c2nc3ccccc3n2C)c1=O. The number of ether oxygens (including phenoxy) is 1. The molecule has 148 valence electrons. The zero-order valence-corrected chi connectivity index (χ0v) is 16.9. The standard InChI is InChI=1S/C21H26N4O3/c1-13-12-14(2)25(10-11-28-5)21(27)18(13)20(26)22-15(3)19-23-16-8-6-7-9-17(16)24(19)4/h6-9,12,15H,10-11H2,1-5H3,(H,22,26). The third kappa shape index (κ3) is 3.57. The summed E-state index contributed by atoms with van der Waals surface area (Å²) in [6.07, 6.45) is 0. The van der Waals surface area contributed by atoms with Crippen molar-refractivity contribution < 1.29 is 9.53 Å². The molecule has 0 saturated heterocycles. The number of carbonyl (C=O) groups excluding carboxylic acids is 1. The predicted molar refractivity (Wildman–Crippen MR) is 109 cm³/mol. The maximum absolute atomic E-state index is 12.9. The van der Waals surface area contributed by atoms with Crippen LogP contribution in [0.4, 0.5) is 0 Å². The van der Waals surface area contributed by atoms with E-state index in [1.807, 2.05) is 55.8 Å². The molecule has 2 heterocycles. The van der Waals surface area contributed by atoms with E-state index in [4.69, 9.17) is 4.74 Å². The van der Waals surface area contributed by atoms with Crippen molar-refractivity contribution in [1.82, 2.24) is 19.4 Å². The molecule has 7 heteroatoms. The Morgan fingerprint density at radius 3 is 2.68 bits per heavy atom. The number of fused-ring (bicyclic) bond motifs is 1. The van der Waals surface area contributed by atoms with E-state index in [1.54, 1.807) is 18.6 Å². The van der Waals surface area contributed by atoms with Gasteiger partial charge in [-0.25, -0.2) is 4.98 Å². The van der Waals surface area contributed by atoms with Crippen molar-refractivity contribution in [1.29, 1.82) is 0 Å². The van der Waals surface area contributed by atoms with E-state index in [0.717, 1.165) is 22.6 Å². The molecule has 3 rings (SSSR count). The van der Waals surface area contributed by atoms with Crippen LogP contribution in [-0.4, -0.2) is 33.7 Å². The number of nitrogens with zero attached hydrogens (tertiary/aromatic N) is 3. The quantitative estimate of drug-likeness (QED) is 0.710. The number of rotatable bonds is 6. The van der Waals surface area contributed by atoms with Crippen LogP contribution in [0.15, 0.2) is 35.1 Å². The lowest BCUT2D eigenvalue weighted by Gasteiger charge is -2.17. The minimum Gasteiger partial charge on any atom is -0.383 e. The highest BCUT2D eigenvalue weighted by Crippen LogP contribution is 2.19. The molecule has 1 unspecified atom stereocenters. The predicted octanol–water partition coefficient (Wildman–Crippen LogP) is 2.49. The molecule has 28 heavy (non-hydrogen) atoms. The van der Waals surface area contributed by atoms with Gasteiger partial charge in [-0.3, -0.25) is 9.59 Å². The van der Waals surface area contributed by atoms with Crippen LogP contribution >= 0.6 is 0 Å². The molecule has 1 aromatic carbocycles. The van der Waals surface area contributed by atoms with Gasteiger partial charge in [0.25, 0.3) is 11.5 Å². The van der Waals surface area contributed by atoms with Gasteiger partial charge in [-0.15, -0.1) is 0 Å². The first-order chi connectivity index (χ1) is 13.3. The molecule has 1 amide bonds. The Hall–Kier alpha value is -2.93. The highest BCUT2D eigenvalue weighted by Gasteiger charge is 2.22. The Kier molecular flexibility index (Phi) is 5.65. The van der Waals surface area contributed by atoms with Crippen LogP contribution in [0.25, 0.3) is 11.0 Å². The van der Waals surface area contributed by atoms with Crippen LogP contribution in [0.5, 0.6) is 0 Å². The summed E-state index contributed by atoms with van der Waals surface area (Å²) in [6.45, 7) is 6.31. The minimum atomic E-state index is -0.395. The van der Waals surface area contributed by atoms with Crippen LogP contribution in [0, 0.1) is 13.8 Å². The molecule has 0 radical (unpaired) electrons. The number of hydrogen-bond acceptors (Lipinski definition) is 4. The second-order valence-corrected chi connectivity index (χ2v) is 7.01. The van der Waals surface area contributed by atoms with Crippen molar-refractivity contribution in [2.24, 2.45) is 7.05 Å². The smallest absolute Gasteiger partial charge is 0.263 e. The fraction of sp³-hybridized carbons (Fsp3) is 0.381. The van der Waals surface area contributed by atoms with Gasteiger partial charge in [-0.1, -0.05) is 12.1 Å². The summed E-state index contributed by atoms with van der Waals surface area (Å²) in [4.78, 5) is 30.5. The van der Waals surface area contributed by atoms with E-state index in [9.17, 15) is 9.59 Å². The molecule has 0 aliphatic rings. The minimum absolute atomic E-state index is 0.160. The summed E-state index contributed by atoms with van der Waals surface area (Å²) in [5, 5.41) is 2.93. The lowest BCUT2D eigenvalue weighted by molar-refractivity contribution is 0.0934.